The molecule has 1 aromatic heterocycles. The third-order valence-corrected chi connectivity index (χ3v) is 5.04. The number of hydrogen-bond acceptors (Lipinski definition) is 4. The number of halogens is 4. The lowest BCUT2D eigenvalue weighted by atomic mass is 10.4. The zero-order valence-corrected chi connectivity index (χ0v) is 14.1. The summed E-state index contributed by atoms with van der Waals surface area (Å²) >= 11 is 20.6. The molecular weight excluding hydrogens is 412 g/mol. The summed E-state index contributed by atoms with van der Waals surface area (Å²) in [7, 11) is -3.98. The van der Waals surface area contributed by atoms with Gasteiger partial charge in [-0.15, -0.1) is 10.2 Å². The number of anilines is 1. The maximum atomic E-state index is 12.2. The van der Waals surface area contributed by atoms with Crippen molar-refractivity contribution in [1.29, 1.82) is 0 Å². The molecule has 5 nitrogen and oxygen atoms in total. The minimum Gasteiger partial charge on any atom is -0.262 e. The molecule has 0 fully saturated rings. The second kappa shape index (κ2) is 6.03. The maximum absolute atomic E-state index is 12.2. The van der Waals surface area contributed by atoms with Gasteiger partial charge in [0.15, 0.2) is 11.0 Å². The predicted molar refractivity (Wildman–Crippen MR) is 82.0 cm³/mol. The van der Waals surface area contributed by atoms with E-state index in [9.17, 15) is 8.42 Å². The molecule has 1 N–H and O–H groups in total. The van der Waals surface area contributed by atoms with E-state index in [1.807, 2.05) is 0 Å². The van der Waals surface area contributed by atoms with Crippen LogP contribution in [0.2, 0.25) is 15.2 Å². The normalized spacial score (nSPS) is 11.4. The summed E-state index contributed by atoms with van der Waals surface area (Å²) in [6.07, 6.45) is 0. The third kappa shape index (κ3) is 3.53. The Morgan fingerprint density at radius 1 is 1.05 bits per heavy atom. The molecule has 0 atom stereocenters. The van der Waals surface area contributed by atoms with Crippen LogP contribution in [0.5, 0.6) is 0 Å². The molecule has 0 amide bonds. The average Bonchev–Trinajstić information content (AvgIpc) is 2.30. The molecular formula is C10H5BrCl3N3O2S. The summed E-state index contributed by atoms with van der Waals surface area (Å²) in [5.74, 6) is 0.00412. The number of benzene rings is 1. The van der Waals surface area contributed by atoms with Crippen molar-refractivity contribution in [3.8, 4) is 0 Å². The molecule has 10 heteroatoms. The lowest BCUT2D eigenvalue weighted by Gasteiger charge is -2.10. The van der Waals surface area contributed by atoms with Gasteiger partial charge in [0.1, 0.15) is 4.90 Å². The van der Waals surface area contributed by atoms with Crippen molar-refractivity contribution >= 4 is 66.6 Å². The fourth-order valence-electron chi connectivity index (χ4n) is 1.34. The first kappa shape index (κ1) is 15.8. The second-order valence-corrected chi connectivity index (χ2v) is 7.28. The molecule has 0 unspecified atom stereocenters. The van der Waals surface area contributed by atoms with Crippen molar-refractivity contribution in [2.75, 3.05) is 4.72 Å². The molecule has 2 rings (SSSR count). The van der Waals surface area contributed by atoms with Crippen LogP contribution in [0.25, 0.3) is 0 Å². The first-order valence-corrected chi connectivity index (χ1v) is 8.37. The van der Waals surface area contributed by atoms with Crippen molar-refractivity contribution in [2.45, 2.75) is 4.90 Å². The summed E-state index contributed by atoms with van der Waals surface area (Å²) < 4.78 is 27.3. The zero-order valence-electron chi connectivity index (χ0n) is 9.44. The molecule has 2 aromatic rings. The summed E-state index contributed by atoms with van der Waals surface area (Å²) in [6.45, 7) is 0. The van der Waals surface area contributed by atoms with Crippen LogP contribution in [-0.4, -0.2) is 18.6 Å². The van der Waals surface area contributed by atoms with Gasteiger partial charge in [-0.1, -0.05) is 50.7 Å². The molecule has 1 heterocycles. The molecule has 0 bridgehead atoms. The molecule has 0 saturated carbocycles. The largest absolute Gasteiger partial charge is 0.266 e. The molecule has 0 saturated heterocycles. The number of aromatic nitrogens is 2. The van der Waals surface area contributed by atoms with E-state index in [4.69, 9.17) is 34.8 Å². The van der Waals surface area contributed by atoms with Crippen molar-refractivity contribution in [3.63, 3.8) is 0 Å². The van der Waals surface area contributed by atoms with Crippen molar-refractivity contribution < 1.29 is 8.42 Å². The number of nitrogens with one attached hydrogen (secondary N) is 1. The standard InChI is InChI=1S/C10H5BrCl3N3O2S/c11-5-3-6(12)10(7(13)4-5)20(18,19)17-9-2-1-8(14)15-16-9/h1-4H,(H,16,17). The molecule has 0 aliphatic carbocycles. The monoisotopic (exact) mass is 415 g/mol. The Morgan fingerprint density at radius 3 is 2.15 bits per heavy atom. The lowest BCUT2D eigenvalue weighted by Crippen LogP contribution is -2.15. The van der Waals surface area contributed by atoms with E-state index >= 15 is 0 Å². The fourth-order valence-corrected chi connectivity index (χ4v) is 4.38. The average molecular weight is 417 g/mol. The summed E-state index contributed by atoms with van der Waals surface area (Å²) in [5, 5.41) is 7.25. The van der Waals surface area contributed by atoms with Crippen LogP contribution < -0.4 is 4.72 Å². The number of nitrogens with zero attached hydrogens (tertiary/aromatic N) is 2. The molecule has 0 aliphatic heterocycles. The second-order valence-electron chi connectivity index (χ2n) is 3.55. The van der Waals surface area contributed by atoms with Crippen molar-refractivity contribution in [2.24, 2.45) is 0 Å². The highest BCUT2D eigenvalue weighted by Gasteiger charge is 2.23. The van der Waals surface area contributed by atoms with E-state index in [0.717, 1.165) is 0 Å². The van der Waals surface area contributed by atoms with Crippen molar-refractivity contribution in [3.05, 3.63) is 43.9 Å². The van der Waals surface area contributed by atoms with Gasteiger partial charge in [-0.2, -0.15) is 0 Å². The Labute approximate surface area is 138 Å². The molecule has 20 heavy (non-hydrogen) atoms. The van der Waals surface area contributed by atoms with Gasteiger partial charge in [0.2, 0.25) is 0 Å². The van der Waals surface area contributed by atoms with Crippen molar-refractivity contribution in [1.82, 2.24) is 10.2 Å². The van der Waals surface area contributed by atoms with Gasteiger partial charge in [-0.05, 0) is 24.3 Å². The molecule has 0 aliphatic rings. The van der Waals surface area contributed by atoms with Gasteiger partial charge in [0.25, 0.3) is 10.0 Å². The third-order valence-electron chi connectivity index (χ3n) is 2.10. The van der Waals surface area contributed by atoms with Crippen LogP contribution in [0, 0.1) is 0 Å². The Kier molecular flexibility index (Phi) is 4.76. The van der Waals surface area contributed by atoms with E-state index in [1.165, 1.54) is 24.3 Å². The minimum absolute atomic E-state index is 0.00412. The Bertz CT molecular complexity index is 730. The van der Waals surface area contributed by atoms with Gasteiger partial charge in [0.05, 0.1) is 10.0 Å². The van der Waals surface area contributed by atoms with Gasteiger partial charge < -0.3 is 0 Å². The SMILES string of the molecule is O=S(=O)(Nc1ccc(Cl)nn1)c1c(Cl)cc(Br)cc1Cl. The van der Waals surface area contributed by atoms with E-state index in [1.54, 1.807) is 0 Å². The van der Waals surface area contributed by atoms with Crippen LogP contribution in [0.1, 0.15) is 0 Å². The first-order valence-electron chi connectivity index (χ1n) is 4.96. The highest BCUT2D eigenvalue weighted by molar-refractivity contribution is 9.10. The van der Waals surface area contributed by atoms with E-state index < -0.39 is 10.0 Å². The maximum Gasteiger partial charge on any atom is 0.266 e. The highest BCUT2D eigenvalue weighted by Crippen LogP contribution is 2.33. The fraction of sp³-hybridized carbons (Fsp3) is 0. The summed E-state index contributed by atoms with van der Waals surface area (Å²) in [4.78, 5) is -0.235. The van der Waals surface area contributed by atoms with Gasteiger partial charge in [-0.25, -0.2) is 8.42 Å². The highest BCUT2D eigenvalue weighted by atomic mass is 79.9. The van der Waals surface area contributed by atoms with Crippen LogP contribution >= 0.6 is 50.7 Å². The van der Waals surface area contributed by atoms with Gasteiger partial charge in [0, 0.05) is 4.47 Å². The summed E-state index contributed by atoms with van der Waals surface area (Å²) in [5.41, 5.74) is 0. The van der Waals surface area contributed by atoms with E-state index in [2.05, 4.69) is 30.8 Å². The van der Waals surface area contributed by atoms with Crippen LogP contribution in [0.3, 0.4) is 0 Å². The topological polar surface area (TPSA) is 72.0 Å². The van der Waals surface area contributed by atoms with Gasteiger partial charge in [-0.3, -0.25) is 4.72 Å². The number of hydrogen-bond donors (Lipinski definition) is 1. The predicted octanol–water partition coefficient (Wildman–Crippen LogP) is 4.00. The molecule has 0 spiro atoms. The minimum atomic E-state index is -3.98. The van der Waals surface area contributed by atoms with Crippen LogP contribution in [0.15, 0.2) is 33.6 Å². The zero-order chi connectivity index (χ0) is 14.9. The van der Waals surface area contributed by atoms with Crippen LogP contribution in [-0.2, 0) is 10.0 Å². The molecule has 106 valence electrons. The van der Waals surface area contributed by atoms with Crippen LogP contribution in [0.4, 0.5) is 5.82 Å². The van der Waals surface area contributed by atoms with E-state index in [-0.39, 0.29) is 25.9 Å². The lowest BCUT2D eigenvalue weighted by molar-refractivity contribution is 0.601. The molecule has 1 aromatic carbocycles. The van der Waals surface area contributed by atoms with Gasteiger partial charge >= 0.3 is 0 Å². The Morgan fingerprint density at radius 2 is 1.65 bits per heavy atom. The number of rotatable bonds is 3. The Hall–Kier alpha value is -0.600. The van der Waals surface area contributed by atoms with E-state index in [0.29, 0.717) is 4.47 Å². The smallest absolute Gasteiger partial charge is 0.262 e. The number of sulfonamides is 1. The first-order chi connectivity index (χ1) is 9.29. The molecule has 0 radical (unpaired) electrons. The summed E-state index contributed by atoms with van der Waals surface area (Å²) in [6, 6.07) is 5.62. The Balaban J connectivity index is 2.43. The quantitative estimate of drug-likeness (QED) is 0.819.